The van der Waals surface area contributed by atoms with Gasteiger partial charge in [0.25, 0.3) is 11.8 Å². The number of rotatable bonds is 4. The lowest BCUT2D eigenvalue weighted by atomic mass is 10.1. The molecule has 1 aromatic heterocycles. The van der Waals surface area contributed by atoms with Gasteiger partial charge in [0, 0.05) is 22.0 Å². The number of halogens is 2. The number of nitrogens with zero attached hydrogens (tertiary/aromatic N) is 2. The van der Waals surface area contributed by atoms with Crippen LogP contribution in [0.25, 0.3) is 17.0 Å². The van der Waals surface area contributed by atoms with E-state index >= 15 is 0 Å². The van der Waals surface area contributed by atoms with E-state index in [1.165, 1.54) is 25.2 Å². The molecule has 2 aromatic carbocycles. The number of anilines is 1. The first-order valence-corrected chi connectivity index (χ1v) is 10.4. The van der Waals surface area contributed by atoms with Gasteiger partial charge < -0.3 is 9.47 Å². The summed E-state index contributed by atoms with van der Waals surface area (Å²) >= 11 is 17.5. The average molecular weight is 488 g/mol. The van der Waals surface area contributed by atoms with Gasteiger partial charge in [-0.3, -0.25) is 19.8 Å². The van der Waals surface area contributed by atoms with E-state index in [9.17, 15) is 9.59 Å². The Morgan fingerprint density at radius 3 is 2.34 bits per heavy atom. The third-order valence-corrected chi connectivity index (χ3v) is 5.63. The lowest BCUT2D eigenvalue weighted by Gasteiger charge is -2.29. The van der Waals surface area contributed by atoms with Crippen LogP contribution in [0.15, 0.2) is 48.0 Å². The predicted molar refractivity (Wildman–Crippen MR) is 128 cm³/mol. The van der Waals surface area contributed by atoms with E-state index in [1.807, 2.05) is 0 Å². The number of fused-ring (bicyclic) bond motifs is 1. The summed E-state index contributed by atoms with van der Waals surface area (Å²) in [6, 6.07) is 11.6. The lowest BCUT2D eigenvalue weighted by molar-refractivity contribution is -0.122. The van der Waals surface area contributed by atoms with Crippen molar-refractivity contribution in [3.05, 3.63) is 63.8 Å². The van der Waals surface area contributed by atoms with Crippen LogP contribution in [0.3, 0.4) is 0 Å². The first kappa shape index (κ1) is 22.0. The molecule has 1 aliphatic rings. The predicted octanol–water partition coefficient (Wildman–Crippen LogP) is 4.39. The number of benzene rings is 2. The summed E-state index contributed by atoms with van der Waals surface area (Å²) in [5.41, 5.74) is 1.28. The van der Waals surface area contributed by atoms with Gasteiger partial charge in [0.2, 0.25) is 0 Å². The van der Waals surface area contributed by atoms with E-state index in [4.69, 9.17) is 44.9 Å². The van der Waals surface area contributed by atoms with Gasteiger partial charge in [-0.05, 0) is 54.7 Å². The van der Waals surface area contributed by atoms with Gasteiger partial charge in [-0.15, -0.1) is 0 Å². The first-order chi connectivity index (χ1) is 15.3. The second kappa shape index (κ2) is 8.74. The number of nitrogens with one attached hydrogen (secondary N) is 1. The van der Waals surface area contributed by atoms with Gasteiger partial charge in [0.05, 0.1) is 25.4 Å². The van der Waals surface area contributed by atoms with Gasteiger partial charge in [0.15, 0.2) is 16.6 Å². The van der Waals surface area contributed by atoms with E-state index in [2.05, 4.69) is 10.3 Å². The maximum Gasteiger partial charge on any atom is 0.270 e. The lowest BCUT2D eigenvalue weighted by Crippen LogP contribution is -2.54. The number of ether oxygens (including phenoxy) is 2. The quantitative estimate of drug-likeness (QED) is 0.254. The largest absolute Gasteiger partial charge is 0.493 e. The van der Waals surface area contributed by atoms with Crippen molar-refractivity contribution in [1.29, 1.82) is 0 Å². The Kier molecular flexibility index (Phi) is 6.01. The molecule has 3 aromatic rings. The third-order valence-electron chi connectivity index (χ3n) is 4.79. The second-order valence-electron chi connectivity index (χ2n) is 6.70. The number of methoxy groups -OCH3 is 2. The molecule has 1 fully saturated rings. The maximum atomic E-state index is 13.2. The van der Waals surface area contributed by atoms with Crippen molar-refractivity contribution in [1.82, 2.24) is 10.3 Å². The summed E-state index contributed by atoms with van der Waals surface area (Å²) in [6.45, 7) is 0. The highest BCUT2D eigenvalue weighted by Gasteiger charge is 2.34. The smallest absolute Gasteiger partial charge is 0.270 e. The molecule has 0 bridgehead atoms. The second-order valence-corrected chi connectivity index (χ2v) is 7.88. The zero-order valence-corrected chi connectivity index (χ0v) is 19.1. The fourth-order valence-electron chi connectivity index (χ4n) is 3.23. The minimum atomic E-state index is -0.631. The van der Waals surface area contributed by atoms with Crippen molar-refractivity contribution in [3.63, 3.8) is 0 Å². The Labute approximate surface area is 198 Å². The first-order valence-electron chi connectivity index (χ1n) is 9.21. The van der Waals surface area contributed by atoms with Crippen molar-refractivity contribution in [3.8, 4) is 11.5 Å². The van der Waals surface area contributed by atoms with Crippen LogP contribution in [0.1, 0.15) is 5.56 Å². The van der Waals surface area contributed by atoms with E-state index in [1.54, 1.807) is 42.5 Å². The summed E-state index contributed by atoms with van der Waals surface area (Å²) in [5, 5.41) is 3.81. The zero-order chi connectivity index (χ0) is 23.0. The summed E-state index contributed by atoms with van der Waals surface area (Å²) in [6.07, 6.45) is 1.38. The molecule has 2 heterocycles. The van der Waals surface area contributed by atoms with Crippen molar-refractivity contribution in [2.45, 2.75) is 0 Å². The van der Waals surface area contributed by atoms with E-state index in [0.717, 1.165) is 0 Å². The molecule has 162 valence electrons. The standard InChI is InChI=1S/C22H15Cl2N3O4S/c1-30-17-9-11-7-12(19(24)25-16(11)10-18(17)31-2)8-15-20(28)26-22(32)27(21(15)29)14-5-3-13(23)4-6-14/h3-10H,1-2H3,(H,26,28,32). The van der Waals surface area contributed by atoms with Crippen molar-refractivity contribution >= 4 is 75.0 Å². The van der Waals surface area contributed by atoms with Crippen LogP contribution in [0.2, 0.25) is 10.2 Å². The van der Waals surface area contributed by atoms with E-state index < -0.39 is 11.8 Å². The maximum absolute atomic E-state index is 13.2. The van der Waals surface area contributed by atoms with E-state index in [0.29, 0.717) is 38.7 Å². The molecule has 0 unspecified atom stereocenters. The minimum absolute atomic E-state index is 0.0287. The molecular weight excluding hydrogens is 473 g/mol. The SMILES string of the molecule is COc1cc2cc(C=C3C(=O)NC(=S)N(c4ccc(Cl)cc4)C3=O)c(Cl)nc2cc1OC. The molecule has 2 amide bonds. The van der Waals surface area contributed by atoms with Gasteiger partial charge in [-0.25, -0.2) is 4.98 Å². The molecule has 7 nitrogen and oxygen atoms in total. The number of pyridine rings is 1. The van der Waals surface area contributed by atoms with Crippen LogP contribution < -0.4 is 19.7 Å². The monoisotopic (exact) mass is 487 g/mol. The van der Waals surface area contributed by atoms with Crippen LogP contribution in [0, 0.1) is 0 Å². The van der Waals surface area contributed by atoms with Crippen LogP contribution in [0.4, 0.5) is 5.69 Å². The number of carbonyl (C=O) groups is 2. The fourth-order valence-corrected chi connectivity index (χ4v) is 3.84. The normalized spacial score (nSPS) is 15.3. The van der Waals surface area contributed by atoms with Gasteiger partial charge >= 0.3 is 0 Å². The van der Waals surface area contributed by atoms with E-state index in [-0.39, 0.29) is 15.8 Å². The highest BCUT2D eigenvalue weighted by molar-refractivity contribution is 7.80. The molecule has 10 heteroatoms. The molecular formula is C22H15Cl2N3O4S. The van der Waals surface area contributed by atoms with Crippen LogP contribution in [-0.4, -0.2) is 36.1 Å². The third kappa shape index (κ3) is 4.00. The molecule has 0 spiro atoms. The molecule has 1 saturated heterocycles. The number of hydrogen-bond acceptors (Lipinski definition) is 6. The average Bonchev–Trinajstić information content (AvgIpc) is 2.77. The fraction of sp³-hybridized carbons (Fsp3) is 0.0909. The van der Waals surface area contributed by atoms with Crippen LogP contribution in [0.5, 0.6) is 11.5 Å². The number of aromatic nitrogens is 1. The molecule has 1 N–H and O–H groups in total. The molecule has 32 heavy (non-hydrogen) atoms. The summed E-state index contributed by atoms with van der Waals surface area (Å²) < 4.78 is 10.6. The number of thiocarbonyl (C=S) groups is 1. The number of carbonyl (C=O) groups excluding carboxylic acids is 2. The number of hydrogen-bond donors (Lipinski definition) is 1. The molecule has 0 atom stereocenters. The summed E-state index contributed by atoms with van der Waals surface area (Å²) in [7, 11) is 3.05. The van der Waals surface area contributed by atoms with Crippen molar-refractivity contribution in [2.75, 3.05) is 19.1 Å². The molecule has 4 rings (SSSR count). The van der Waals surface area contributed by atoms with Gasteiger partial charge in [-0.2, -0.15) is 0 Å². The Balaban J connectivity index is 1.79. The molecule has 1 aliphatic heterocycles. The Bertz CT molecular complexity index is 1310. The van der Waals surface area contributed by atoms with Gasteiger partial charge in [0.1, 0.15) is 10.7 Å². The summed E-state index contributed by atoms with van der Waals surface area (Å²) in [4.78, 5) is 31.3. The van der Waals surface area contributed by atoms with Gasteiger partial charge in [-0.1, -0.05) is 23.2 Å². The Morgan fingerprint density at radius 1 is 1.03 bits per heavy atom. The molecule has 0 aliphatic carbocycles. The molecule has 0 saturated carbocycles. The minimum Gasteiger partial charge on any atom is -0.493 e. The van der Waals surface area contributed by atoms with Crippen LogP contribution in [-0.2, 0) is 9.59 Å². The number of amides is 2. The van der Waals surface area contributed by atoms with Crippen molar-refractivity contribution in [2.24, 2.45) is 0 Å². The summed E-state index contributed by atoms with van der Waals surface area (Å²) in [5.74, 6) is -0.213. The Hall–Kier alpha value is -3.20. The highest BCUT2D eigenvalue weighted by Crippen LogP contribution is 2.34. The van der Waals surface area contributed by atoms with Crippen LogP contribution >= 0.6 is 35.4 Å². The topological polar surface area (TPSA) is 80.8 Å². The zero-order valence-electron chi connectivity index (χ0n) is 16.8. The Morgan fingerprint density at radius 2 is 1.69 bits per heavy atom. The molecule has 0 radical (unpaired) electrons. The van der Waals surface area contributed by atoms with Crippen molar-refractivity contribution < 1.29 is 19.1 Å². The highest BCUT2D eigenvalue weighted by atomic mass is 35.5.